The number of methoxy groups -OCH3 is 3. The molecule has 0 amide bonds. The van der Waals surface area contributed by atoms with Crippen LogP contribution in [0.1, 0.15) is 63.1 Å². The van der Waals surface area contributed by atoms with Gasteiger partial charge >= 0.3 is 17.9 Å². The van der Waals surface area contributed by atoms with Gasteiger partial charge in [0, 0.05) is 35.2 Å². The highest BCUT2D eigenvalue weighted by Gasteiger charge is 2.43. The Morgan fingerprint density at radius 3 is 2.17 bits per heavy atom. The standard InChI is InChI=1S/C37H40N4O7/c1-10-21-17(3)25-14-28-22(11-2)18(4)32(40-28)24(16-42)33-19(5)23(12-13-29(43)46-7)34(41-33)31(37(45)48-9)35-30(36(44)47-8)20(6)26(39-35)15-27(21)38-25/h11,14-16,19,23,38,42H,2,10,12-13H2,1,3-9H3/b24-16-,26-15?,28-14?,34-31?/t19-,23-/m0/s1. The minimum Gasteiger partial charge on any atom is -0.515 e. The largest absolute Gasteiger partial charge is 0.515 e. The van der Waals surface area contributed by atoms with Crippen molar-refractivity contribution in [2.75, 3.05) is 21.3 Å². The molecule has 2 N–H and O–H groups in total. The van der Waals surface area contributed by atoms with Crippen LogP contribution in [0, 0.1) is 18.8 Å². The number of aliphatic hydroxyl groups excluding tert-OH is 1. The summed E-state index contributed by atoms with van der Waals surface area (Å²) in [6.07, 6.45) is 7.50. The molecule has 4 aliphatic heterocycles. The van der Waals surface area contributed by atoms with E-state index >= 15 is 0 Å². The molecule has 1 aromatic rings. The van der Waals surface area contributed by atoms with Crippen LogP contribution in [-0.4, -0.2) is 66.5 Å². The number of carbonyl (C=O) groups is 3. The first-order valence-electron chi connectivity index (χ1n) is 15.8. The number of aliphatic hydroxyl groups is 1. The number of nitrogens with one attached hydrogen (secondary N) is 1. The van der Waals surface area contributed by atoms with Gasteiger partial charge in [0.2, 0.25) is 0 Å². The van der Waals surface area contributed by atoms with Crippen LogP contribution in [0.3, 0.4) is 0 Å². The third kappa shape index (κ3) is 5.52. The second-order valence-corrected chi connectivity index (χ2v) is 11.9. The molecule has 11 nitrogen and oxygen atoms in total. The third-order valence-electron chi connectivity index (χ3n) is 9.51. The van der Waals surface area contributed by atoms with Crippen LogP contribution in [0.2, 0.25) is 0 Å². The van der Waals surface area contributed by atoms with Gasteiger partial charge in [0.1, 0.15) is 5.57 Å². The lowest BCUT2D eigenvalue weighted by Gasteiger charge is -2.20. The maximum absolute atomic E-state index is 13.8. The van der Waals surface area contributed by atoms with E-state index in [1.165, 1.54) is 21.3 Å². The molecule has 2 atom stereocenters. The summed E-state index contributed by atoms with van der Waals surface area (Å²) in [5.41, 5.74) is 8.55. The van der Waals surface area contributed by atoms with E-state index in [1.807, 2.05) is 32.9 Å². The number of aliphatic imine (C=N–C) groups is 3. The van der Waals surface area contributed by atoms with E-state index in [2.05, 4.69) is 18.5 Å². The van der Waals surface area contributed by atoms with Crippen LogP contribution in [0.5, 0.6) is 0 Å². The zero-order valence-corrected chi connectivity index (χ0v) is 28.5. The zero-order chi connectivity index (χ0) is 35.0. The average molecular weight is 653 g/mol. The van der Waals surface area contributed by atoms with Crippen LogP contribution in [0.25, 0.3) is 12.2 Å². The van der Waals surface area contributed by atoms with E-state index in [9.17, 15) is 19.5 Å². The topological polar surface area (TPSA) is 152 Å². The summed E-state index contributed by atoms with van der Waals surface area (Å²) in [6.45, 7) is 13.7. The van der Waals surface area contributed by atoms with Crippen molar-refractivity contribution >= 4 is 47.2 Å². The highest BCUT2D eigenvalue weighted by Crippen LogP contribution is 2.43. The normalized spacial score (nSPS) is 21.2. The first-order valence-corrected chi connectivity index (χ1v) is 15.8. The summed E-state index contributed by atoms with van der Waals surface area (Å²) in [6, 6.07) is 0. The highest BCUT2D eigenvalue weighted by molar-refractivity contribution is 6.38. The second-order valence-electron chi connectivity index (χ2n) is 11.9. The first kappa shape index (κ1) is 34.0. The predicted octanol–water partition coefficient (Wildman–Crippen LogP) is 6.01. The molecule has 0 unspecified atom stereocenters. The van der Waals surface area contributed by atoms with Gasteiger partial charge in [-0.1, -0.05) is 26.5 Å². The number of nitrogens with zero attached hydrogens (tertiary/aromatic N) is 3. The lowest BCUT2D eigenvalue weighted by Crippen LogP contribution is -2.25. The molecule has 0 spiro atoms. The lowest BCUT2D eigenvalue weighted by molar-refractivity contribution is -0.141. The van der Waals surface area contributed by atoms with Crippen LogP contribution in [0.15, 0.2) is 84.4 Å². The van der Waals surface area contributed by atoms with Crippen LogP contribution >= 0.6 is 0 Å². The fourth-order valence-corrected chi connectivity index (χ4v) is 6.85. The van der Waals surface area contributed by atoms with E-state index in [0.29, 0.717) is 40.4 Å². The number of aromatic nitrogens is 1. The van der Waals surface area contributed by atoms with Gasteiger partial charge in [0.25, 0.3) is 0 Å². The van der Waals surface area contributed by atoms with Crippen molar-refractivity contribution < 1.29 is 33.7 Å². The van der Waals surface area contributed by atoms with E-state index in [4.69, 9.17) is 29.2 Å². The Morgan fingerprint density at radius 1 is 0.917 bits per heavy atom. The Morgan fingerprint density at radius 2 is 1.56 bits per heavy atom. The second kappa shape index (κ2) is 13.4. The molecule has 8 bridgehead atoms. The molecule has 48 heavy (non-hydrogen) atoms. The molecule has 0 saturated heterocycles. The predicted molar refractivity (Wildman–Crippen MR) is 184 cm³/mol. The van der Waals surface area contributed by atoms with E-state index in [0.717, 1.165) is 39.9 Å². The lowest BCUT2D eigenvalue weighted by atomic mass is 9.81. The molecule has 0 saturated carbocycles. The van der Waals surface area contributed by atoms with Gasteiger partial charge in [-0.2, -0.15) is 0 Å². The van der Waals surface area contributed by atoms with Crippen LogP contribution in [-0.2, 0) is 35.0 Å². The Bertz CT molecular complexity index is 1940. The third-order valence-corrected chi connectivity index (χ3v) is 9.51. The Kier molecular flexibility index (Phi) is 9.52. The van der Waals surface area contributed by atoms with Crippen molar-refractivity contribution in [3.8, 4) is 0 Å². The van der Waals surface area contributed by atoms with Crippen molar-refractivity contribution in [3.05, 3.63) is 92.0 Å². The number of H-pyrrole nitrogens is 1. The Labute approximate surface area is 279 Å². The number of esters is 3. The molecule has 5 heterocycles. The summed E-state index contributed by atoms with van der Waals surface area (Å²) in [4.78, 5) is 57.9. The fourth-order valence-electron chi connectivity index (χ4n) is 6.85. The van der Waals surface area contributed by atoms with Gasteiger partial charge in [-0.15, -0.1) is 0 Å². The van der Waals surface area contributed by atoms with E-state index in [1.54, 1.807) is 13.0 Å². The fraction of sp³-hybridized carbons (Fsp3) is 0.351. The smallest absolute Gasteiger partial charge is 0.341 e. The minimum absolute atomic E-state index is 0.0300. The minimum atomic E-state index is -0.768. The molecule has 0 radical (unpaired) electrons. The van der Waals surface area contributed by atoms with Crippen molar-refractivity contribution in [1.82, 2.24) is 4.98 Å². The molecule has 4 aliphatic rings. The molecule has 250 valence electrons. The number of allylic oxidation sites excluding steroid dienone is 5. The van der Waals surface area contributed by atoms with E-state index in [-0.39, 0.29) is 35.4 Å². The summed E-state index contributed by atoms with van der Waals surface area (Å²) in [5, 5.41) is 10.8. The Balaban J connectivity index is 1.94. The van der Waals surface area contributed by atoms with Gasteiger partial charge in [0.05, 0.1) is 73.0 Å². The number of hydrogen-bond acceptors (Lipinski definition) is 10. The summed E-state index contributed by atoms with van der Waals surface area (Å²) in [5.74, 6) is -2.83. The number of rotatable bonds is 7. The molecule has 5 rings (SSSR count). The number of ether oxygens (including phenoxy) is 3. The van der Waals surface area contributed by atoms with Gasteiger partial charge < -0.3 is 24.3 Å². The zero-order valence-electron chi connectivity index (χ0n) is 28.5. The number of hydrogen-bond donors (Lipinski definition) is 2. The molecule has 1 aromatic heterocycles. The summed E-state index contributed by atoms with van der Waals surface area (Å²) in [7, 11) is 3.81. The molecule has 11 heteroatoms. The van der Waals surface area contributed by atoms with Crippen molar-refractivity contribution in [3.63, 3.8) is 0 Å². The number of carbonyl (C=O) groups excluding carboxylic acids is 3. The Hall–Kier alpha value is -5.32. The number of fused-ring (bicyclic) bond motifs is 5. The van der Waals surface area contributed by atoms with Crippen molar-refractivity contribution in [2.24, 2.45) is 26.8 Å². The maximum Gasteiger partial charge on any atom is 0.341 e. The molecular formula is C37H40N4O7. The quantitative estimate of drug-likeness (QED) is 0.208. The van der Waals surface area contributed by atoms with Crippen molar-refractivity contribution in [2.45, 2.75) is 53.9 Å². The summed E-state index contributed by atoms with van der Waals surface area (Å²) < 4.78 is 15.4. The average Bonchev–Trinajstić information content (AvgIpc) is 3.77. The van der Waals surface area contributed by atoms with Gasteiger partial charge in [-0.25, -0.2) is 19.6 Å². The highest BCUT2D eigenvalue weighted by atomic mass is 16.5. The molecule has 0 aromatic carbocycles. The first-order chi connectivity index (χ1) is 22.9. The van der Waals surface area contributed by atoms with Gasteiger partial charge in [-0.05, 0) is 68.0 Å². The van der Waals surface area contributed by atoms with Gasteiger partial charge in [0.15, 0.2) is 0 Å². The molecule has 0 fully saturated rings. The molecule has 0 aliphatic carbocycles. The van der Waals surface area contributed by atoms with Crippen molar-refractivity contribution in [1.29, 1.82) is 0 Å². The van der Waals surface area contributed by atoms with E-state index < -0.39 is 29.7 Å². The SMILES string of the molecule is C=CC1=C(C)C2=NC1=Cc1[nH]c(c(CC)c1C)C=C1N=C(C(C(=O)OC)=C1C)C(C(=O)OC)=C1N=C(/C2=C\O)[C@@H](C)[C@@H]1CCC(=O)OC. The van der Waals surface area contributed by atoms with Crippen LogP contribution < -0.4 is 0 Å². The maximum atomic E-state index is 13.8. The monoisotopic (exact) mass is 652 g/mol. The number of aromatic amines is 1. The van der Waals surface area contributed by atoms with Crippen LogP contribution in [0.4, 0.5) is 0 Å². The van der Waals surface area contributed by atoms with Gasteiger partial charge in [-0.3, -0.25) is 9.79 Å². The summed E-state index contributed by atoms with van der Waals surface area (Å²) >= 11 is 0. The molecular weight excluding hydrogens is 612 g/mol.